The highest BCUT2D eigenvalue weighted by atomic mass is 127. The summed E-state index contributed by atoms with van der Waals surface area (Å²) < 4.78 is 24.7. The first-order valence-corrected chi connectivity index (χ1v) is 9.17. The van der Waals surface area contributed by atoms with Crippen LogP contribution in [0.4, 0.5) is 4.39 Å². The lowest BCUT2D eigenvalue weighted by Crippen LogP contribution is -2.41. The molecule has 0 fully saturated rings. The number of aliphatic imine (C=N–C) groups is 1. The minimum absolute atomic E-state index is 0. The molecule has 2 aromatic rings. The number of aromatic nitrogens is 1. The van der Waals surface area contributed by atoms with Crippen molar-refractivity contribution in [1.82, 2.24) is 15.6 Å². The van der Waals surface area contributed by atoms with Crippen molar-refractivity contribution >= 4 is 29.9 Å². The maximum absolute atomic E-state index is 13.2. The standard InChI is InChI=1S/C20H29FN4O2.HI/c1-6-22-19(25-13-18-23-12-17(27-18)20(3,4)5)24-11-14(2)26-16-9-7-8-15(21)10-16;/h7-10,12,14H,6,11,13H2,1-5H3,(H2,22,24,25);1H. The second kappa shape index (κ2) is 11.2. The third-order valence-electron chi connectivity index (χ3n) is 3.70. The van der Waals surface area contributed by atoms with Crippen LogP contribution in [0.2, 0.25) is 0 Å². The van der Waals surface area contributed by atoms with Crippen LogP contribution in [0.5, 0.6) is 5.75 Å². The van der Waals surface area contributed by atoms with E-state index >= 15 is 0 Å². The summed E-state index contributed by atoms with van der Waals surface area (Å²) in [6.45, 7) is 11.7. The van der Waals surface area contributed by atoms with Crippen LogP contribution in [0.15, 0.2) is 39.9 Å². The predicted molar refractivity (Wildman–Crippen MR) is 120 cm³/mol. The Hall–Kier alpha value is -1.84. The Morgan fingerprint density at radius 2 is 2.07 bits per heavy atom. The van der Waals surface area contributed by atoms with Crippen LogP contribution in [0.25, 0.3) is 0 Å². The predicted octanol–water partition coefficient (Wildman–Crippen LogP) is 4.25. The summed E-state index contributed by atoms with van der Waals surface area (Å²) >= 11 is 0. The zero-order valence-corrected chi connectivity index (χ0v) is 19.4. The molecule has 8 heteroatoms. The molecule has 0 aliphatic heterocycles. The molecular formula is C20H30FIN4O2. The van der Waals surface area contributed by atoms with Crippen LogP contribution < -0.4 is 15.4 Å². The van der Waals surface area contributed by atoms with Crippen molar-refractivity contribution in [2.24, 2.45) is 4.99 Å². The summed E-state index contributed by atoms with van der Waals surface area (Å²) in [5, 5.41) is 6.39. The van der Waals surface area contributed by atoms with E-state index in [1.807, 2.05) is 13.8 Å². The zero-order chi connectivity index (χ0) is 19.9. The molecule has 0 saturated carbocycles. The smallest absolute Gasteiger partial charge is 0.216 e. The summed E-state index contributed by atoms with van der Waals surface area (Å²) in [4.78, 5) is 8.78. The van der Waals surface area contributed by atoms with Gasteiger partial charge in [-0.05, 0) is 26.0 Å². The third-order valence-corrected chi connectivity index (χ3v) is 3.70. The minimum atomic E-state index is -0.317. The van der Waals surface area contributed by atoms with Gasteiger partial charge in [-0.25, -0.2) is 14.4 Å². The molecule has 0 bridgehead atoms. The second-order valence-electron chi connectivity index (χ2n) is 7.33. The van der Waals surface area contributed by atoms with Crippen molar-refractivity contribution in [3.63, 3.8) is 0 Å². The van der Waals surface area contributed by atoms with E-state index in [9.17, 15) is 4.39 Å². The molecule has 2 N–H and O–H groups in total. The molecule has 2 rings (SSSR count). The van der Waals surface area contributed by atoms with Gasteiger partial charge in [0.2, 0.25) is 5.89 Å². The second-order valence-corrected chi connectivity index (χ2v) is 7.33. The van der Waals surface area contributed by atoms with E-state index in [1.165, 1.54) is 12.1 Å². The van der Waals surface area contributed by atoms with Crippen LogP contribution in [0.1, 0.15) is 46.3 Å². The zero-order valence-electron chi connectivity index (χ0n) is 17.1. The van der Waals surface area contributed by atoms with Crippen molar-refractivity contribution < 1.29 is 13.5 Å². The first-order chi connectivity index (χ1) is 12.8. The normalized spacial score (nSPS) is 12.9. The van der Waals surface area contributed by atoms with E-state index in [-0.39, 0.29) is 41.3 Å². The maximum Gasteiger partial charge on any atom is 0.216 e. The number of guanidine groups is 1. The van der Waals surface area contributed by atoms with Gasteiger partial charge in [-0.3, -0.25) is 0 Å². The molecule has 1 atom stereocenters. The van der Waals surface area contributed by atoms with Gasteiger partial charge in [-0.1, -0.05) is 26.8 Å². The van der Waals surface area contributed by atoms with E-state index in [2.05, 4.69) is 41.4 Å². The molecule has 28 heavy (non-hydrogen) atoms. The number of ether oxygens (including phenoxy) is 1. The number of nitrogens with one attached hydrogen (secondary N) is 2. The number of hydrogen-bond acceptors (Lipinski definition) is 4. The maximum atomic E-state index is 13.2. The summed E-state index contributed by atoms with van der Waals surface area (Å²) in [5.41, 5.74) is -0.0819. The molecule has 0 aliphatic rings. The minimum Gasteiger partial charge on any atom is -0.489 e. The van der Waals surface area contributed by atoms with Crippen molar-refractivity contribution in [3.8, 4) is 5.75 Å². The lowest BCUT2D eigenvalue weighted by molar-refractivity contribution is 0.223. The van der Waals surface area contributed by atoms with Crippen LogP contribution in [-0.4, -0.2) is 30.1 Å². The van der Waals surface area contributed by atoms with E-state index in [4.69, 9.17) is 9.15 Å². The molecule has 0 aliphatic carbocycles. The highest BCUT2D eigenvalue weighted by molar-refractivity contribution is 14.0. The molecule has 0 amide bonds. The van der Waals surface area contributed by atoms with E-state index in [0.717, 1.165) is 12.3 Å². The number of hydrogen-bond donors (Lipinski definition) is 2. The average Bonchev–Trinajstić information content (AvgIpc) is 3.07. The molecule has 1 heterocycles. The van der Waals surface area contributed by atoms with Gasteiger partial charge in [-0.15, -0.1) is 24.0 Å². The van der Waals surface area contributed by atoms with Crippen LogP contribution in [0, 0.1) is 5.82 Å². The van der Waals surface area contributed by atoms with Gasteiger partial charge in [0, 0.05) is 18.0 Å². The van der Waals surface area contributed by atoms with Crippen molar-refractivity contribution in [2.75, 3.05) is 13.1 Å². The molecule has 6 nitrogen and oxygen atoms in total. The Balaban J connectivity index is 0.00000392. The van der Waals surface area contributed by atoms with Gasteiger partial charge in [-0.2, -0.15) is 0 Å². The van der Waals surface area contributed by atoms with Crippen LogP contribution in [-0.2, 0) is 12.0 Å². The Bertz CT molecular complexity index is 759. The van der Waals surface area contributed by atoms with Gasteiger partial charge in [0.05, 0.1) is 12.7 Å². The number of nitrogens with zero attached hydrogens (tertiary/aromatic N) is 2. The molecule has 0 spiro atoms. The van der Waals surface area contributed by atoms with E-state index < -0.39 is 0 Å². The van der Waals surface area contributed by atoms with Crippen molar-refractivity contribution in [1.29, 1.82) is 0 Å². The summed E-state index contributed by atoms with van der Waals surface area (Å²) in [6, 6.07) is 6.11. The van der Waals surface area contributed by atoms with Crippen molar-refractivity contribution in [3.05, 3.63) is 47.9 Å². The summed E-state index contributed by atoms with van der Waals surface area (Å²) in [5.74, 6) is 2.23. The lowest BCUT2D eigenvalue weighted by atomic mass is 9.94. The topological polar surface area (TPSA) is 71.7 Å². The Morgan fingerprint density at radius 1 is 1.32 bits per heavy atom. The quantitative estimate of drug-likeness (QED) is 0.335. The van der Waals surface area contributed by atoms with Gasteiger partial charge in [0.15, 0.2) is 5.96 Å². The average molecular weight is 504 g/mol. The molecule has 1 aromatic heterocycles. The number of oxazole rings is 1. The molecule has 0 saturated heterocycles. The molecule has 0 radical (unpaired) electrons. The summed E-state index contributed by atoms with van der Waals surface area (Å²) in [7, 11) is 0. The Labute approximate surface area is 183 Å². The largest absolute Gasteiger partial charge is 0.489 e. The molecule has 1 aromatic carbocycles. The Morgan fingerprint density at radius 3 is 2.68 bits per heavy atom. The first kappa shape index (κ1) is 24.2. The summed E-state index contributed by atoms with van der Waals surface area (Å²) in [6.07, 6.45) is 1.59. The highest BCUT2D eigenvalue weighted by Crippen LogP contribution is 2.22. The van der Waals surface area contributed by atoms with Gasteiger partial charge in [0.1, 0.15) is 30.0 Å². The highest BCUT2D eigenvalue weighted by Gasteiger charge is 2.19. The van der Waals surface area contributed by atoms with Gasteiger partial charge >= 0.3 is 0 Å². The third kappa shape index (κ3) is 8.04. The SMILES string of the molecule is CCNC(=NCc1ncc(C(C)(C)C)o1)NCC(C)Oc1cccc(F)c1.I. The lowest BCUT2D eigenvalue weighted by Gasteiger charge is -2.17. The number of halogens is 2. The Kier molecular flexibility index (Phi) is 9.71. The molecular weight excluding hydrogens is 474 g/mol. The molecule has 1 unspecified atom stereocenters. The van der Waals surface area contributed by atoms with Gasteiger partial charge in [0.25, 0.3) is 0 Å². The van der Waals surface area contributed by atoms with Crippen LogP contribution >= 0.6 is 24.0 Å². The van der Waals surface area contributed by atoms with Crippen molar-refractivity contribution in [2.45, 2.75) is 52.7 Å². The fraction of sp³-hybridized carbons (Fsp3) is 0.500. The fourth-order valence-corrected chi connectivity index (χ4v) is 2.27. The first-order valence-electron chi connectivity index (χ1n) is 9.17. The van der Waals surface area contributed by atoms with Gasteiger partial charge < -0.3 is 19.8 Å². The number of rotatable bonds is 7. The van der Waals surface area contributed by atoms with E-state index in [1.54, 1.807) is 18.3 Å². The fourth-order valence-electron chi connectivity index (χ4n) is 2.27. The van der Waals surface area contributed by atoms with E-state index in [0.29, 0.717) is 30.7 Å². The molecule has 156 valence electrons. The monoisotopic (exact) mass is 504 g/mol. The van der Waals surface area contributed by atoms with Crippen LogP contribution in [0.3, 0.4) is 0 Å². The number of benzene rings is 1.